The van der Waals surface area contributed by atoms with Crippen molar-refractivity contribution in [2.24, 2.45) is 4.99 Å². The zero-order valence-corrected chi connectivity index (χ0v) is 17.8. The first-order valence-electron chi connectivity index (χ1n) is 8.43. The normalized spacial score (nSPS) is 18.1. The zero-order chi connectivity index (χ0) is 21.1. The maximum absolute atomic E-state index is 12.7. The van der Waals surface area contributed by atoms with Gasteiger partial charge in [-0.25, -0.2) is 4.99 Å². The molecule has 1 atom stereocenters. The number of rotatable bonds is 4. The van der Waals surface area contributed by atoms with Crippen LogP contribution in [0, 0.1) is 0 Å². The van der Waals surface area contributed by atoms with Crippen molar-refractivity contribution in [3.05, 3.63) is 46.4 Å². The van der Waals surface area contributed by atoms with E-state index in [2.05, 4.69) is 10.3 Å². The Labute approximate surface area is 181 Å². The Hall–Kier alpha value is -2.42. The van der Waals surface area contributed by atoms with Gasteiger partial charge in [-0.1, -0.05) is 41.0 Å². The standard InChI is InChI=1S/C19H17Cl2N3O4S/c1-24-16(25)9-15(18(27)22-10-4-3-5-12(6-10)28-2)29-19(24)23-11-7-13(20)17(26)14(21)8-11/h3-8,15,26H,9H2,1-2H3,(H,22,27). The minimum atomic E-state index is -0.660. The van der Waals surface area contributed by atoms with Gasteiger partial charge in [0.25, 0.3) is 0 Å². The quantitative estimate of drug-likeness (QED) is 0.719. The number of nitrogens with zero attached hydrogens (tertiary/aromatic N) is 2. The van der Waals surface area contributed by atoms with Gasteiger partial charge in [-0.3, -0.25) is 14.5 Å². The average molecular weight is 454 g/mol. The van der Waals surface area contributed by atoms with Gasteiger partial charge in [0.1, 0.15) is 11.0 Å². The summed E-state index contributed by atoms with van der Waals surface area (Å²) in [6.07, 6.45) is 0.0348. The van der Waals surface area contributed by atoms with Gasteiger partial charge in [-0.15, -0.1) is 0 Å². The fraction of sp³-hybridized carbons (Fsp3) is 0.211. The number of hydrogen-bond donors (Lipinski definition) is 2. The van der Waals surface area contributed by atoms with Crippen LogP contribution in [0.3, 0.4) is 0 Å². The molecule has 1 aliphatic rings. The highest BCUT2D eigenvalue weighted by atomic mass is 35.5. The maximum Gasteiger partial charge on any atom is 0.238 e. The van der Waals surface area contributed by atoms with Gasteiger partial charge in [0.05, 0.1) is 22.8 Å². The first-order valence-corrected chi connectivity index (χ1v) is 10.1. The molecule has 7 nitrogen and oxygen atoms in total. The second-order valence-corrected chi connectivity index (χ2v) is 8.12. The first-order chi connectivity index (χ1) is 13.8. The molecule has 0 saturated carbocycles. The second-order valence-electron chi connectivity index (χ2n) is 6.14. The van der Waals surface area contributed by atoms with E-state index in [0.29, 0.717) is 22.3 Å². The Morgan fingerprint density at radius 3 is 2.66 bits per heavy atom. The summed E-state index contributed by atoms with van der Waals surface area (Å²) < 4.78 is 5.15. The van der Waals surface area contributed by atoms with E-state index in [9.17, 15) is 14.7 Å². The van der Waals surface area contributed by atoms with E-state index in [0.717, 1.165) is 11.8 Å². The minimum absolute atomic E-state index is 0.0348. The number of amides is 2. The number of thioether (sulfide) groups is 1. The Morgan fingerprint density at radius 1 is 1.31 bits per heavy atom. The summed E-state index contributed by atoms with van der Waals surface area (Å²) in [5.41, 5.74) is 0.922. The fourth-order valence-corrected chi connectivity index (χ4v) is 4.09. The van der Waals surface area contributed by atoms with Crippen LogP contribution in [0.2, 0.25) is 10.0 Å². The number of methoxy groups -OCH3 is 1. The highest BCUT2D eigenvalue weighted by Gasteiger charge is 2.34. The van der Waals surface area contributed by atoms with Crippen LogP contribution in [-0.2, 0) is 9.59 Å². The summed E-state index contributed by atoms with van der Waals surface area (Å²) in [4.78, 5) is 30.8. The summed E-state index contributed by atoms with van der Waals surface area (Å²) in [5, 5.41) is 12.2. The number of phenolic OH excluding ortho intramolecular Hbond substituents is 1. The summed E-state index contributed by atoms with van der Waals surface area (Å²) in [6, 6.07) is 9.80. The highest BCUT2D eigenvalue weighted by molar-refractivity contribution is 8.15. The third kappa shape index (κ3) is 4.95. The molecule has 1 heterocycles. The van der Waals surface area contributed by atoms with Crippen LogP contribution >= 0.6 is 35.0 Å². The van der Waals surface area contributed by atoms with Crippen molar-refractivity contribution >= 4 is 63.3 Å². The minimum Gasteiger partial charge on any atom is -0.505 e. The van der Waals surface area contributed by atoms with Crippen molar-refractivity contribution < 1.29 is 19.4 Å². The fourth-order valence-electron chi connectivity index (χ4n) is 2.55. The van der Waals surface area contributed by atoms with Gasteiger partial charge < -0.3 is 15.2 Å². The molecule has 2 aromatic carbocycles. The SMILES string of the molecule is COc1cccc(NC(=O)C2CC(=O)N(C)C(=Nc3cc(Cl)c(O)c(Cl)c3)S2)c1. The number of phenols is 1. The summed E-state index contributed by atoms with van der Waals surface area (Å²) >= 11 is 13.0. The molecule has 29 heavy (non-hydrogen) atoms. The molecular weight excluding hydrogens is 437 g/mol. The van der Waals surface area contributed by atoms with Crippen LogP contribution < -0.4 is 10.1 Å². The van der Waals surface area contributed by atoms with Crippen molar-refractivity contribution in [1.29, 1.82) is 0 Å². The zero-order valence-electron chi connectivity index (χ0n) is 15.5. The molecule has 0 spiro atoms. The number of ether oxygens (including phenoxy) is 1. The van der Waals surface area contributed by atoms with Crippen LogP contribution in [0.25, 0.3) is 0 Å². The molecule has 0 bridgehead atoms. The van der Waals surface area contributed by atoms with E-state index in [4.69, 9.17) is 27.9 Å². The number of halogens is 2. The van der Waals surface area contributed by atoms with Crippen LogP contribution in [0.4, 0.5) is 11.4 Å². The number of anilines is 1. The summed E-state index contributed by atoms with van der Waals surface area (Å²) in [7, 11) is 3.12. The Balaban J connectivity index is 1.81. The molecule has 1 aliphatic heterocycles. The molecule has 0 aromatic heterocycles. The van der Waals surface area contributed by atoms with Crippen LogP contribution in [0.15, 0.2) is 41.4 Å². The van der Waals surface area contributed by atoms with E-state index in [-0.39, 0.29) is 34.0 Å². The van der Waals surface area contributed by atoms with Gasteiger partial charge in [-0.05, 0) is 24.3 Å². The lowest BCUT2D eigenvalue weighted by Gasteiger charge is -2.28. The third-order valence-corrected chi connectivity index (χ3v) is 5.94. The predicted octanol–water partition coefficient (Wildman–Crippen LogP) is 4.30. The molecule has 10 heteroatoms. The topological polar surface area (TPSA) is 91.2 Å². The molecule has 3 rings (SSSR count). The average Bonchev–Trinajstić information content (AvgIpc) is 2.69. The van der Waals surface area contributed by atoms with E-state index in [1.807, 2.05) is 0 Å². The molecule has 2 N–H and O–H groups in total. The lowest BCUT2D eigenvalue weighted by atomic mass is 10.2. The number of benzene rings is 2. The third-order valence-electron chi connectivity index (χ3n) is 4.12. The van der Waals surface area contributed by atoms with Crippen molar-refractivity contribution in [3.63, 3.8) is 0 Å². The number of nitrogens with one attached hydrogen (secondary N) is 1. The van der Waals surface area contributed by atoms with Gasteiger partial charge in [0.2, 0.25) is 11.8 Å². The van der Waals surface area contributed by atoms with Crippen molar-refractivity contribution in [2.75, 3.05) is 19.5 Å². The van der Waals surface area contributed by atoms with Gasteiger partial charge in [0.15, 0.2) is 10.9 Å². The number of aromatic hydroxyl groups is 1. The monoisotopic (exact) mass is 453 g/mol. The number of aliphatic imine (C=N–C) groups is 1. The molecule has 0 radical (unpaired) electrons. The van der Waals surface area contributed by atoms with Gasteiger partial charge >= 0.3 is 0 Å². The van der Waals surface area contributed by atoms with E-state index >= 15 is 0 Å². The van der Waals surface area contributed by atoms with Crippen LogP contribution in [-0.4, -0.2) is 46.4 Å². The number of hydrogen-bond acceptors (Lipinski definition) is 6. The molecule has 152 valence electrons. The van der Waals surface area contributed by atoms with Crippen molar-refractivity contribution in [2.45, 2.75) is 11.7 Å². The smallest absolute Gasteiger partial charge is 0.238 e. The van der Waals surface area contributed by atoms with Gasteiger partial charge in [-0.2, -0.15) is 0 Å². The van der Waals surface area contributed by atoms with Crippen LogP contribution in [0.1, 0.15) is 6.42 Å². The Morgan fingerprint density at radius 2 is 2.00 bits per heavy atom. The summed E-state index contributed by atoms with van der Waals surface area (Å²) in [5.74, 6) is -0.199. The number of carbonyl (C=O) groups is 2. The number of amidine groups is 1. The second kappa shape index (κ2) is 8.94. The van der Waals surface area contributed by atoms with E-state index in [1.54, 1.807) is 31.3 Å². The predicted molar refractivity (Wildman–Crippen MR) is 116 cm³/mol. The first kappa shape index (κ1) is 21.3. The molecular formula is C19H17Cl2N3O4S. The molecule has 2 aromatic rings. The van der Waals surface area contributed by atoms with Crippen molar-refractivity contribution in [1.82, 2.24) is 4.90 Å². The highest BCUT2D eigenvalue weighted by Crippen LogP contribution is 2.37. The van der Waals surface area contributed by atoms with Gasteiger partial charge in [0, 0.05) is 25.2 Å². The largest absolute Gasteiger partial charge is 0.505 e. The van der Waals surface area contributed by atoms with Crippen LogP contribution in [0.5, 0.6) is 11.5 Å². The van der Waals surface area contributed by atoms with E-state index < -0.39 is 5.25 Å². The summed E-state index contributed by atoms with van der Waals surface area (Å²) in [6.45, 7) is 0. The number of carbonyl (C=O) groups excluding carboxylic acids is 2. The van der Waals surface area contributed by atoms with E-state index in [1.165, 1.54) is 24.1 Å². The Bertz CT molecular complexity index is 976. The lowest BCUT2D eigenvalue weighted by molar-refractivity contribution is -0.128. The molecule has 1 saturated heterocycles. The lowest BCUT2D eigenvalue weighted by Crippen LogP contribution is -2.43. The molecule has 0 aliphatic carbocycles. The molecule has 2 amide bonds. The maximum atomic E-state index is 12.7. The van der Waals surface area contributed by atoms with Crippen molar-refractivity contribution in [3.8, 4) is 11.5 Å². The molecule has 1 fully saturated rings. The molecule has 1 unspecified atom stereocenters. The Kier molecular flexibility index (Phi) is 6.56.